The van der Waals surface area contributed by atoms with E-state index < -0.39 is 0 Å². The second-order valence-corrected chi connectivity index (χ2v) is 4.40. The Bertz CT molecular complexity index is 354. The van der Waals surface area contributed by atoms with Crippen molar-refractivity contribution in [3.05, 3.63) is 29.8 Å². The van der Waals surface area contributed by atoms with Gasteiger partial charge in [-0.05, 0) is 32.4 Å². The molecule has 17 heavy (non-hydrogen) atoms. The van der Waals surface area contributed by atoms with Crippen LogP contribution in [0.5, 0.6) is 5.75 Å². The number of hydrogen-bond donors (Lipinski definition) is 1. The number of ether oxygens (including phenoxy) is 2. The summed E-state index contributed by atoms with van der Waals surface area (Å²) in [5, 5.41) is 0. The van der Waals surface area contributed by atoms with Crippen molar-refractivity contribution in [1.82, 2.24) is 0 Å². The summed E-state index contributed by atoms with van der Waals surface area (Å²) in [6.07, 6.45) is 2.34. The summed E-state index contributed by atoms with van der Waals surface area (Å²) < 4.78 is 11.6. The first-order valence-electron chi connectivity index (χ1n) is 6.40. The topological polar surface area (TPSA) is 44.5 Å². The van der Waals surface area contributed by atoms with Crippen molar-refractivity contribution in [3.63, 3.8) is 0 Å². The van der Waals surface area contributed by atoms with E-state index in [1.54, 1.807) is 0 Å². The predicted molar refractivity (Wildman–Crippen MR) is 68.1 cm³/mol. The van der Waals surface area contributed by atoms with Crippen LogP contribution in [0.15, 0.2) is 24.3 Å². The fraction of sp³-hybridized carbons (Fsp3) is 0.571. The smallest absolute Gasteiger partial charge is 0.125 e. The molecule has 1 aromatic carbocycles. The lowest BCUT2D eigenvalue weighted by Gasteiger charge is -2.32. The SMILES string of the molecule is CCOc1ccccc1C1OCCCC1CN. The van der Waals surface area contributed by atoms with E-state index in [4.69, 9.17) is 15.2 Å². The molecule has 2 unspecified atom stereocenters. The Morgan fingerprint density at radius 1 is 1.41 bits per heavy atom. The van der Waals surface area contributed by atoms with Gasteiger partial charge in [0.1, 0.15) is 5.75 Å². The molecular weight excluding hydrogens is 214 g/mol. The molecular formula is C14H21NO2. The van der Waals surface area contributed by atoms with E-state index in [9.17, 15) is 0 Å². The van der Waals surface area contributed by atoms with E-state index in [1.165, 1.54) is 0 Å². The van der Waals surface area contributed by atoms with Crippen molar-refractivity contribution in [2.24, 2.45) is 11.7 Å². The zero-order valence-electron chi connectivity index (χ0n) is 10.4. The highest BCUT2D eigenvalue weighted by Crippen LogP contribution is 2.37. The summed E-state index contributed by atoms with van der Waals surface area (Å²) >= 11 is 0. The Balaban J connectivity index is 2.24. The van der Waals surface area contributed by atoms with Gasteiger partial charge in [0.2, 0.25) is 0 Å². The predicted octanol–water partition coefficient (Wildman–Crippen LogP) is 2.51. The van der Waals surface area contributed by atoms with Crippen LogP contribution in [-0.4, -0.2) is 19.8 Å². The van der Waals surface area contributed by atoms with Gasteiger partial charge in [-0.1, -0.05) is 18.2 Å². The largest absolute Gasteiger partial charge is 0.493 e. The average Bonchev–Trinajstić information content (AvgIpc) is 2.40. The lowest BCUT2D eigenvalue weighted by atomic mass is 9.89. The number of hydrogen-bond acceptors (Lipinski definition) is 3. The lowest BCUT2D eigenvalue weighted by Crippen LogP contribution is -2.28. The van der Waals surface area contributed by atoms with Gasteiger partial charge in [-0.3, -0.25) is 0 Å². The Kier molecular flexibility index (Phi) is 4.40. The second-order valence-electron chi connectivity index (χ2n) is 4.40. The molecule has 1 aliphatic heterocycles. The van der Waals surface area contributed by atoms with Gasteiger partial charge in [0.15, 0.2) is 0 Å². The van der Waals surface area contributed by atoms with E-state index in [2.05, 4.69) is 6.07 Å². The highest BCUT2D eigenvalue weighted by molar-refractivity contribution is 5.35. The van der Waals surface area contributed by atoms with E-state index in [-0.39, 0.29) is 6.10 Å². The minimum absolute atomic E-state index is 0.0940. The summed E-state index contributed by atoms with van der Waals surface area (Å²) in [6.45, 7) is 4.17. The van der Waals surface area contributed by atoms with E-state index >= 15 is 0 Å². The summed E-state index contributed by atoms with van der Waals surface area (Å²) in [6, 6.07) is 8.12. The monoisotopic (exact) mass is 235 g/mol. The molecule has 0 radical (unpaired) electrons. The summed E-state index contributed by atoms with van der Waals surface area (Å²) in [5.41, 5.74) is 6.98. The summed E-state index contributed by atoms with van der Waals surface area (Å²) in [4.78, 5) is 0. The van der Waals surface area contributed by atoms with Crippen LogP contribution in [0.25, 0.3) is 0 Å². The van der Waals surface area contributed by atoms with Crippen molar-refractivity contribution in [2.45, 2.75) is 25.9 Å². The minimum atomic E-state index is 0.0940. The summed E-state index contributed by atoms with van der Waals surface area (Å²) in [7, 11) is 0. The molecule has 0 amide bonds. The molecule has 0 spiro atoms. The third-order valence-corrected chi connectivity index (χ3v) is 3.27. The quantitative estimate of drug-likeness (QED) is 0.872. The zero-order chi connectivity index (χ0) is 12.1. The molecule has 94 valence electrons. The average molecular weight is 235 g/mol. The van der Waals surface area contributed by atoms with Crippen LogP contribution in [-0.2, 0) is 4.74 Å². The molecule has 1 heterocycles. The first-order chi connectivity index (χ1) is 8.36. The van der Waals surface area contributed by atoms with Crippen LogP contribution in [0.2, 0.25) is 0 Å². The van der Waals surface area contributed by atoms with Crippen LogP contribution in [0.3, 0.4) is 0 Å². The molecule has 3 heteroatoms. The van der Waals surface area contributed by atoms with Crippen LogP contribution in [0.1, 0.15) is 31.4 Å². The lowest BCUT2D eigenvalue weighted by molar-refractivity contribution is -0.0265. The number of nitrogens with two attached hydrogens (primary N) is 1. The number of para-hydroxylation sites is 1. The molecule has 0 aromatic heterocycles. The van der Waals surface area contributed by atoms with Gasteiger partial charge >= 0.3 is 0 Å². The number of benzene rings is 1. The fourth-order valence-electron chi connectivity index (χ4n) is 2.43. The normalized spacial score (nSPS) is 24.6. The van der Waals surface area contributed by atoms with Crippen LogP contribution < -0.4 is 10.5 Å². The minimum Gasteiger partial charge on any atom is -0.493 e. The van der Waals surface area contributed by atoms with E-state index in [1.807, 2.05) is 25.1 Å². The molecule has 2 rings (SSSR count). The molecule has 2 atom stereocenters. The maximum atomic E-state index is 5.89. The van der Waals surface area contributed by atoms with E-state index in [0.29, 0.717) is 19.1 Å². The zero-order valence-corrected chi connectivity index (χ0v) is 10.4. The Labute approximate surface area is 103 Å². The highest BCUT2D eigenvalue weighted by atomic mass is 16.5. The third-order valence-electron chi connectivity index (χ3n) is 3.27. The highest BCUT2D eigenvalue weighted by Gasteiger charge is 2.28. The van der Waals surface area contributed by atoms with Crippen LogP contribution >= 0.6 is 0 Å². The molecule has 0 aliphatic carbocycles. The van der Waals surface area contributed by atoms with Crippen LogP contribution in [0.4, 0.5) is 0 Å². The van der Waals surface area contributed by atoms with Gasteiger partial charge in [0.05, 0.1) is 12.7 Å². The maximum Gasteiger partial charge on any atom is 0.125 e. The molecule has 1 aliphatic rings. The van der Waals surface area contributed by atoms with Gasteiger partial charge in [0.25, 0.3) is 0 Å². The van der Waals surface area contributed by atoms with Crippen molar-refractivity contribution >= 4 is 0 Å². The maximum absolute atomic E-state index is 5.89. The molecule has 1 fully saturated rings. The van der Waals surface area contributed by atoms with Crippen molar-refractivity contribution in [1.29, 1.82) is 0 Å². The Morgan fingerprint density at radius 2 is 2.24 bits per heavy atom. The molecule has 0 saturated carbocycles. The van der Waals surface area contributed by atoms with Crippen molar-refractivity contribution in [2.75, 3.05) is 19.8 Å². The second kappa shape index (κ2) is 6.03. The van der Waals surface area contributed by atoms with Gasteiger partial charge < -0.3 is 15.2 Å². The first-order valence-corrected chi connectivity index (χ1v) is 6.40. The molecule has 2 N–H and O–H groups in total. The van der Waals surface area contributed by atoms with Crippen LogP contribution in [0, 0.1) is 5.92 Å². The molecule has 1 aromatic rings. The number of rotatable bonds is 4. The molecule has 0 bridgehead atoms. The van der Waals surface area contributed by atoms with Gasteiger partial charge in [0, 0.05) is 18.1 Å². The summed E-state index contributed by atoms with van der Waals surface area (Å²) in [5.74, 6) is 1.34. The van der Waals surface area contributed by atoms with Crippen molar-refractivity contribution in [3.8, 4) is 5.75 Å². The Morgan fingerprint density at radius 3 is 3.00 bits per heavy atom. The van der Waals surface area contributed by atoms with Gasteiger partial charge in [-0.15, -0.1) is 0 Å². The van der Waals surface area contributed by atoms with E-state index in [0.717, 1.165) is 30.8 Å². The molecule has 1 saturated heterocycles. The third kappa shape index (κ3) is 2.79. The fourth-order valence-corrected chi connectivity index (χ4v) is 2.43. The Hall–Kier alpha value is -1.06. The van der Waals surface area contributed by atoms with Crippen molar-refractivity contribution < 1.29 is 9.47 Å². The van der Waals surface area contributed by atoms with Gasteiger partial charge in [-0.25, -0.2) is 0 Å². The van der Waals surface area contributed by atoms with Gasteiger partial charge in [-0.2, -0.15) is 0 Å². The first kappa shape index (κ1) is 12.4. The molecule has 3 nitrogen and oxygen atoms in total. The standard InChI is InChI=1S/C14H21NO2/c1-2-16-13-8-4-3-7-12(13)14-11(10-15)6-5-9-17-14/h3-4,7-8,11,14H,2,5-6,9-10,15H2,1H3.